The fourth-order valence-corrected chi connectivity index (χ4v) is 3.49. The summed E-state index contributed by atoms with van der Waals surface area (Å²) in [5.41, 5.74) is 6.92. The molecule has 0 N–H and O–H groups in total. The smallest absolute Gasteiger partial charge is 0.0152 e. The molecule has 0 heteroatoms. The van der Waals surface area contributed by atoms with Gasteiger partial charge >= 0.3 is 0 Å². The molecule has 23 heavy (non-hydrogen) atoms. The average molecular weight is 309 g/mol. The van der Waals surface area contributed by atoms with Gasteiger partial charge in [0.15, 0.2) is 0 Å². The second kappa shape index (κ2) is 8.91. The van der Waals surface area contributed by atoms with Crippen LogP contribution in [0.2, 0.25) is 0 Å². The number of aryl methyl sites for hydroxylation is 3. The van der Waals surface area contributed by atoms with Crippen LogP contribution in [0, 0.1) is 19.8 Å². The van der Waals surface area contributed by atoms with Gasteiger partial charge in [-0.3, -0.25) is 0 Å². The topological polar surface area (TPSA) is 0 Å². The summed E-state index contributed by atoms with van der Waals surface area (Å²) in [6, 6.07) is 15.9. The molecule has 0 aromatic heterocycles. The van der Waals surface area contributed by atoms with E-state index in [1.807, 2.05) is 0 Å². The lowest BCUT2D eigenvalue weighted by molar-refractivity contribution is 0.411. The summed E-state index contributed by atoms with van der Waals surface area (Å²) < 4.78 is 0. The Hall–Kier alpha value is -1.56. The number of benzene rings is 2. The minimum Gasteiger partial charge on any atom is -0.0654 e. The van der Waals surface area contributed by atoms with Gasteiger partial charge in [0.1, 0.15) is 0 Å². The molecule has 2 aromatic rings. The van der Waals surface area contributed by atoms with E-state index in [2.05, 4.69) is 70.2 Å². The first kappa shape index (κ1) is 17.8. The molecule has 0 nitrogen and oxygen atoms in total. The Morgan fingerprint density at radius 2 is 1.43 bits per heavy atom. The second-order valence-corrected chi connectivity index (χ2v) is 7.00. The highest BCUT2D eigenvalue weighted by atomic mass is 14.1. The van der Waals surface area contributed by atoms with Crippen LogP contribution in [0.3, 0.4) is 0 Å². The Labute approximate surface area is 143 Å². The van der Waals surface area contributed by atoms with Crippen molar-refractivity contribution >= 4 is 0 Å². The van der Waals surface area contributed by atoms with Crippen LogP contribution < -0.4 is 0 Å². The van der Waals surface area contributed by atoms with Gasteiger partial charge in [0.2, 0.25) is 0 Å². The van der Waals surface area contributed by atoms with Crippen LogP contribution in [0.25, 0.3) is 11.1 Å². The maximum Gasteiger partial charge on any atom is -0.0152 e. The van der Waals surface area contributed by atoms with Gasteiger partial charge in [-0.15, -0.1) is 0 Å². The van der Waals surface area contributed by atoms with E-state index in [0.717, 1.165) is 5.92 Å². The minimum absolute atomic E-state index is 0.897. The molecule has 0 saturated carbocycles. The van der Waals surface area contributed by atoms with E-state index in [1.165, 1.54) is 66.3 Å². The lowest BCUT2D eigenvalue weighted by Crippen LogP contribution is -2.02. The fourth-order valence-electron chi connectivity index (χ4n) is 3.49. The number of rotatable bonds is 8. The largest absolute Gasteiger partial charge is 0.0654 e. The molecule has 2 rings (SSSR count). The van der Waals surface area contributed by atoms with Gasteiger partial charge in [0.05, 0.1) is 0 Å². The van der Waals surface area contributed by atoms with Crippen molar-refractivity contribution < 1.29 is 0 Å². The fraction of sp³-hybridized carbons (Fsp3) is 0.478. The van der Waals surface area contributed by atoms with E-state index in [9.17, 15) is 0 Å². The molecule has 0 fully saturated rings. The molecule has 0 radical (unpaired) electrons. The van der Waals surface area contributed by atoms with Crippen molar-refractivity contribution in [2.45, 2.75) is 66.2 Å². The molecular weight excluding hydrogens is 276 g/mol. The lowest BCUT2D eigenvalue weighted by atomic mass is 9.90. The molecule has 0 aliphatic heterocycles. The predicted molar refractivity (Wildman–Crippen MR) is 103 cm³/mol. The molecule has 0 spiro atoms. The molecule has 0 bridgehead atoms. The SMILES string of the molecule is CCCC(CCC)CCc1ccc(C)c(-c2ccc(C)cc2)c1. The summed E-state index contributed by atoms with van der Waals surface area (Å²) >= 11 is 0. The summed E-state index contributed by atoms with van der Waals surface area (Å²) in [5, 5.41) is 0. The van der Waals surface area contributed by atoms with Crippen molar-refractivity contribution in [1.29, 1.82) is 0 Å². The Kier molecular flexibility index (Phi) is 6.89. The van der Waals surface area contributed by atoms with Gasteiger partial charge in [-0.05, 0) is 54.9 Å². The third kappa shape index (κ3) is 5.23. The van der Waals surface area contributed by atoms with Crippen molar-refractivity contribution in [3.63, 3.8) is 0 Å². The normalized spacial score (nSPS) is 11.2. The molecule has 0 aliphatic carbocycles. The monoisotopic (exact) mass is 308 g/mol. The molecule has 0 atom stereocenters. The van der Waals surface area contributed by atoms with E-state index in [0.29, 0.717) is 0 Å². The Balaban J connectivity index is 2.12. The molecule has 0 amide bonds. The van der Waals surface area contributed by atoms with Crippen LogP contribution in [0.4, 0.5) is 0 Å². The second-order valence-electron chi connectivity index (χ2n) is 7.00. The van der Waals surface area contributed by atoms with E-state index in [1.54, 1.807) is 0 Å². The van der Waals surface area contributed by atoms with Crippen molar-refractivity contribution in [2.75, 3.05) is 0 Å². The van der Waals surface area contributed by atoms with Crippen LogP contribution in [-0.4, -0.2) is 0 Å². The van der Waals surface area contributed by atoms with Crippen molar-refractivity contribution in [3.8, 4) is 11.1 Å². The average Bonchev–Trinajstić information content (AvgIpc) is 2.55. The Bertz CT molecular complexity index is 586. The van der Waals surface area contributed by atoms with Crippen molar-refractivity contribution in [2.24, 2.45) is 5.92 Å². The van der Waals surface area contributed by atoms with Gasteiger partial charge in [-0.2, -0.15) is 0 Å². The van der Waals surface area contributed by atoms with Crippen LogP contribution in [0.5, 0.6) is 0 Å². The highest BCUT2D eigenvalue weighted by molar-refractivity contribution is 5.68. The Morgan fingerprint density at radius 1 is 0.783 bits per heavy atom. The molecule has 0 heterocycles. The zero-order chi connectivity index (χ0) is 16.7. The summed E-state index contributed by atoms with van der Waals surface area (Å²) in [6.45, 7) is 8.98. The number of hydrogen-bond acceptors (Lipinski definition) is 0. The molecule has 2 aromatic carbocycles. The van der Waals surface area contributed by atoms with Gasteiger partial charge in [-0.25, -0.2) is 0 Å². The zero-order valence-corrected chi connectivity index (χ0v) is 15.4. The first-order valence-corrected chi connectivity index (χ1v) is 9.30. The highest BCUT2D eigenvalue weighted by Gasteiger charge is 2.09. The van der Waals surface area contributed by atoms with E-state index < -0.39 is 0 Å². The minimum atomic E-state index is 0.897. The molecular formula is C23H32. The van der Waals surface area contributed by atoms with E-state index in [4.69, 9.17) is 0 Å². The third-order valence-electron chi connectivity index (χ3n) is 4.90. The van der Waals surface area contributed by atoms with Crippen LogP contribution in [0.1, 0.15) is 62.6 Å². The van der Waals surface area contributed by atoms with Crippen LogP contribution in [-0.2, 0) is 6.42 Å². The van der Waals surface area contributed by atoms with Crippen LogP contribution in [0.15, 0.2) is 42.5 Å². The maximum atomic E-state index is 2.41. The first-order valence-electron chi connectivity index (χ1n) is 9.30. The third-order valence-corrected chi connectivity index (χ3v) is 4.90. The maximum absolute atomic E-state index is 2.41. The molecule has 0 aliphatic rings. The Morgan fingerprint density at radius 3 is 2.04 bits per heavy atom. The molecule has 0 saturated heterocycles. The highest BCUT2D eigenvalue weighted by Crippen LogP contribution is 2.27. The molecule has 0 unspecified atom stereocenters. The van der Waals surface area contributed by atoms with Gasteiger partial charge in [0, 0.05) is 0 Å². The van der Waals surface area contributed by atoms with Gasteiger partial charge < -0.3 is 0 Å². The summed E-state index contributed by atoms with van der Waals surface area (Å²) in [4.78, 5) is 0. The quantitative estimate of drug-likeness (QED) is 0.487. The van der Waals surface area contributed by atoms with Gasteiger partial charge in [-0.1, -0.05) is 87.6 Å². The standard InChI is InChI=1S/C23H32/c1-5-7-20(8-6-2)13-14-21-12-11-19(4)23(17-21)22-15-9-18(3)10-16-22/h9-12,15-17,20H,5-8,13-14H2,1-4H3. The summed E-state index contributed by atoms with van der Waals surface area (Å²) in [7, 11) is 0. The summed E-state index contributed by atoms with van der Waals surface area (Å²) in [6.07, 6.45) is 7.93. The lowest BCUT2D eigenvalue weighted by Gasteiger charge is -2.16. The number of hydrogen-bond donors (Lipinski definition) is 0. The van der Waals surface area contributed by atoms with E-state index >= 15 is 0 Å². The van der Waals surface area contributed by atoms with Crippen LogP contribution >= 0.6 is 0 Å². The first-order chi connectivity index (χ1) is 11.1. The van der Waals surface area contributed by atoms with Gasteiger partial charge in [0.25, 0.3) is 0 Å². The zero-order valence-electron chi connectivity index (χ0n) is 15.4. The molecule has 124 valence electrons. The summed E-state index contributed by atoms with van der Waals surface area (Å²) in [5.74, 6) is 0.897. The van der Waals surface area contributed by atoms with Crippen molar-refractivity contribution in [1.82, 2.24) is 0 Å². The van der Waals surface area contributed by atoms with E-state index in [-0.39, 0.29) is 0 Å². The predicted octanol–water partition coefficient (Wildman–Crippen LogP) is 7.12. The van der Waals surface area contributed by atoms with Crippen molar-refractivity contribution in [3.05, 3.63) is 59.2 Å².